The Bertz CT molecular complexity index is 718. The molecule has 0 aromatic rings. The second-order valence-corrected chi connectivity index (χ2v) is 6.19. The molecule has 0 saturated heterocycles. The zero-order valence-electron chi connectivity index (χ0n) is 14.9. The van der Waals surface area contributed by atoms with Crippen molar-refractivity contribution in [1.29, 1.82) is 0 Å². The summed E-state index contributed by atoms with van der Waals surface area (Å²) in [5.41, 5.74) is 5.81. The Balaban J connectivity index is 2.54. The number of esters is 3. The minimum Gasteiger partial charge on any atom is -0.461 e. The molecule has 134 valence electrons. The van der Waals surface area contributed by atoms with Gasteiger partial charge in [-0.2, -0.15) is 0 Å². The molecule has 6 nitrogen and oxygen atoms in total. The fraction of sp³-hybridized carbons (Fsp3) is 0.474. The van der Waals surface area contributed by atoms with Crippen LogP contribution in [-0.2, 0) is 28.6 Å². The van der Waals surface area contributed by atoms with Gasteiger partial charge in [0.15, 0.2) is 0 Å². The van der Waals surface area contributed by atoms with Gasteiger partial charge < -0.3 is 14.2 Å². The lowest BCUT2D eigenvalue weighted by Gasteiger charge is -2.22. The molecule has 0 N–H and O–H groups in total. The van der Waals surface area contributed by atoms with Crippen LogP contribution < -0.4 is 0 Å². The number of fused-ring (bicyclic) bond motifs is 1. The maximum Gasteiger partial charge on any atom is 0.338 e. The van der Waals surface area contributed by atoms with Crippen LogP contribution in [-0.4, -0.2) is 36.7 Å². The van der Waals surface area contributed by atoms with Crippen molar-refractivity contribution in [2.75, 3.05) is 6.61 Å². The summed E-state index contributed by atoms with van der Waals surface area (Å²) in [6.45, 7) is 6.18. The van der Waals surface area contributed by atoms with Gasteiger partial charge in [0.25, 0.3) is 0 Å². The summed E-state index contributed by atoms with van der Waals surface area (Å²) in [6, 6.07) is 0. The third-order valence-corrected chi connectivity index (χ3v) is 3.91. The van der Waals surface area contributed by atoms with E-state index in [0.717, 1.165) is 11.1 Å². The van der Waals surface area contributed by atoms with Crippen LogP contribution in [0.15, 0.2) is 40.2 Å². The highest BCUT2D eigenvalue weighted by Crippen LogP contribution is 2.32. The van der Waals surface area contributed by atoms with Gasteiger partial charge >= 0.3 is 17.9 Å². The fourth-order valence-electron chi connectivity index (χ4n) is 2.82. The van der Waals surface area contributed by atoms with Gasteiger partial charge in [-0.15, -0.1) is 5.73 Å². The van der Waals surface area contributed by atoms with Crippen LogP contribution >= 0.6 is 0 Å². The number of rotatable bonds is 3. The molecule has 0 saturated carbocycles. The number of hydrogen-bond donors (Lipinski definition) is 0. The predicted octanol–water partition coefficient (Wildman–Crippen LogP) is 2.54. The molecular weight excluding hydrogens is 324 g/mol. The summed E-state index contributed by atoms with van der Waals surface area (Å²) in [5.74, 6) is -1.52. The third-order valence-electron chi connectivity index (χ3n) is 3.91. The first-order valence-electron chi connectivity index (χ1n) is 8.10. The fourth-order valence-corrected chi connectivity index (χ4v) is 2.82. The Morgan fingerprint density at radius 3 is 2.64 bits per heavy atom. The molecule has 0 bridgehead atoms. The summed E-state index contributed by atoms with van der Waals surface area (Å²) >= 11 is 0. The van der Waals surface area contributed by atoms with Crippen molar-refractivity contribution >= 4 is 17.9 Å². The van der Waals surface area contributed by atoms with Gasteiger partial charge in [-0.1, -0.05) is 5.57 Å². The van der Waals surface area contributed by atoms with Gasteiger partial charge in [0.2, 0.25) is 0 Å². The molecule has 0 radical (unpaired) electrons. The molecule has 0 unspecified atom stereocenters. The molecule has 1 heterocycles. The first-order chi connectivity index (χ1) is 11.8. The Hall–Kier alpha value is -2.59. The molecule has 0 amide bonds. The molecule has 0 aromatic heterocycles. The minimum atomic E-state index is -0.678. The van der Waals surface area contributed by atoms with E-state index in [1.807, 2.05) is 26.0 Å². The molecule has 1 aliphatic heterocycles. The van der Waals surface area contributed by atoms with E-state index in [1.54, 1.807) is 0 Å². The molecule has 25 heavy (non-hydrogen) atoms. The lowest BCUT2D eigenvalue weighted by atomic mass is 9.92. The van der Waals surface area contributed by atoms with Crippen molar-refractivity contribution < 1.29 is 28.6 Å². The van der Waals surface area contributed by atoms with Crippen molar-refractivity contribution in [3.8, 4) is 0 Å². The van der Waals surface area contributed by atoms with E-state index < -0.39 is 30.1 Å². The zero-order chi connectivity index (χ0) is 18.6. The van der Waals surface area contributed by atoms with Crippen molar-refractivity contribution in [3.05, 3.63) is 40.2 Å². The molecule has 2 aliphatic rings. The van der Waals surface area contributed by atoms with Crippen molar-refractivity contribution in [3.63, 3.8) is 0 Å². The third kappa shape index (κ3) is 4.94. The molecule has 2 rings (SSSR count). The van der Waals surface area contributed by atoms with E-state index in [0.29, 0.717) is 18.4 Å². The molecule has 0 spiro atoms. The Morgan fingerprint density at radius 1 is 1.28 bits per heavy atom. The van der Waals surface area contributed by atoms with Crippen LogP contribution in [0.2, 0.25) is 0 Å². The molecule has 0 fully saturated rings. The summed E-state index contributed by atoms with van der Waals surface area (Å²) in [6.07, 6.45) is 3.47. The van der Waals surface area contributed by atoms with Gasteiger partial charge in [0.05, 0.1) is 5.57 Å². The topological polar surface area (TPSA) is 78.9 Å². The maximum absolute atomic E-state index is 12.3. The smallest absolute Gasteiger partial charge is 0.338 e. The standard InChI is InChI=1S/C19H22O6/c1-11-6-5-7-12(2)9-17-18(16(8-11)24-14(4)21)15(19(22)25-17)10-23-13(3)20/h5,9,16-17H,7-8,10H2,1-4H3/b12-9-/t6?,16-,17-/m1/s1. The van der Waals surface area contributed by atoms with E-state index in [-0.39, 0.29) is 12.2 Å². The Morgan fingerprint density at radius 2 is 2.00 bits per heavy atom. The van der Waals surface area contributed by atoms with Crippen LogP contribution in [0.1, 0.15) is 40.5 Å². The van der Waals surface area contributed by atoms with E-state index in [2.05, 4.69) is 5.73 Å². The highest BCUT2D eigenvalue weighted by atomic mass is 16.6. The number of carbonyl (C=O) groups is 3. The second-order valence-electron chi connectivity index (χ2n) is 6.19. The van der Waals surface area contributed by atoms with Crippen molar-refractivity contribution in [2.45, 2.75) is 52.7 Å². The highest BCUT2D eigenvalue weighted by Gasteiger charge is 2.39. The maximum atomic E-state index is 12.3. The van der Waals surface area contributed by atoms with E-state index >= 15 is 0 Å². The van der Waals surface area contributed by atoms with Gasteiger partial charge in [-0.05, 0) is 38.0 Å². The lowest BCUT2D eigenvalue weighted by Crippen LogP contribution is -2.26. The number of ether oxygens (including phenoxy) is 3. The average Bonchev–Trinajstić information content (AvgIpc) is 2.78. The monoisotopic (exact) mass is 346 g/mol. The minimum absolute atomic E-state index is 0.205. The summed E-state index contributed by atoms with van der Waals surface area (Å²) < 4.78 is 15.9. The number of allylic oxidation sites excluding steroid dienone is 1. The molecule has 1 aliphatic carbocycles. The van der Waals surface area contributed by atoms with Crippen LogP contribution in [0.3, 0.4) is 0 Å². The quantitative estimate of drug-likeness (QED) is 0.338. The normalized spacial score (nSPS) is 25.4. The second kappa shape index (κ2) is 7.99. The number of carbonyl (C=O) groups excluding carboxylic acids is 3. The van der Waals surface area contributed by atoms with E-state index in [9.17, 15) is 14.4 Å². The van der Waals surface area contributed by atoms with Crippen LogP contribution in [0.25, 0.3) is 0 Å². The lowest BCUT2D eigenvalue weighted by molar-refractivity contribution is -0.145. The Labute approximate surface area is 146 Å². The predicted molar refractivity (Wildman–Crippen MR) is 89.4 cm³/mol. The van der Waals surface area contributed by atoms with Crippen molar-refractivity contribution in [2.24, 2.45) is 0 Å². The average molecular weight is 346 g/mol. The van der Waals surface area contributed by atoms with Crippen LogP contribution in [0.5, 0.6) is 0 Å². The number of hydrogen-bond acceptors (Lipinski definition) is 6. The van der Waals surface area contributed by atoms with E-state index in [1.165, 1.54) is 13.8 Å². The highest BCUT2D eigenvalue weighted by molar-refractivity contribution is 5.93. The molecule has 2 atom stereocenters. The van der Waals surface area contributed by atoms with Gasteiger partial charge in [0, 0.05) is 25.8 Å². The molecular formula is C19H22O6. The van der Waals surface area contributed by atoms with Gasteiger partial charge in [-0.25, -0.2) is 4.79 Å². The molecule has 6 heteroatoms. The molecule has 0 aromatic carbocycles. The summed E-state index contributed by atoms with van der Waals surface area (Å²) in [4.78, 5) is 35.0. The summed E-state index contributed by atoms with van der Waals surface area (Å²) in [7, 11) is 0. The Kier molecular flexibility index (Phi) is 5.99. The van der Waals surface area contributed by atoms with Gasteiger partial charge in [-0.3, -0.25) is 9.59 Å². The van der Waals surface area contributed by atoms with Crippen molar-refractivity contribution in [1.82, 2.24) is 0 Å². The largest absolute Gasteiger partial charge is 0.461 e. The summed E-state index contributed by atoms with van der Waals surface area (Å²) in [5, 5.41) is 0. The van der Waals surface area contributed by atoms with Crippen LogP contribution in [0, 0.1) is 0 Å². The first-order valence-corrected chi connectivity index (χ1v) is 8.10. The first kappa shape index (κ1) is 18.7. The zero-order valence-corrected chi connectivity index (χ0v) is 14.9. The van der Waals surface area contributed by atoms with E-state index in [4.69, 9.17) is 14.2 Å². The SMILES string of the molecule is CC(=O)OCC1=C2[C@@H](/C=C(/C)CC=C=C(C)C[C@H]2OC(C)=O)OC1=O. The van der Waals surface area contributed by atoms with Gasteiger partial charge in [0.1, 0.15) is 18.8 Å². The van der Waals surface area contributed by atoms with Crippen LogP contribution in [0.4, 0.5) is 0 Å².